The first-order valence-corrected chi connectivity index (χ1v) is 8.22. The van der Waals surface area contributed by atoms with E-state index in [0.29, 0.717) is 18.7 Å². The Labute approximate surface area is 144 Å². The molecule has 126 valence electrons. The Balaban J connectivity index is 1.47. The van der Waals surface area contributed by atoms with Crippen LogP contribution in [0, 0.1) is 5.82 Å². The van der Waals surface area contributed by atoms with E-state index in [1.807, 2.05) is 40.0 Å². The van der Waals surface area contributed by atoms with Gasteiger partial charge in [-0.15, -0.1) is 5.10 Å². The fourth-order valence-electron chi connectivity index (χ4n) is 3.18. The maximum Gasteiger partial charge on any atom is 0.253 e. The standard InChI is InChI=1S/C19H17FN4O/c20-17-7-5-15(6-8-17)14-1-3-16(4-2-14)19(25)23-11-9-18(13-23)24-12-10-21-22-24/h1-8,10,12,18H,9,11,13H2. The summed E-state index contributed by atoms with van der Waals surface area (Å²) < 4.78 is 14.8. The maximum absolute atomic E-state index is 13.0. The Bertz CT molecular complexity index is 859. The molecule has 2 aromatic carbocycles. The topological polar surface area (TPSA) is 51.0 Å². The van der Waals surface area contributed by atoms with E-state index in [0.717, 1.165) is 17.5 Å². The summed E-state index contributed by atoms with van der Waals surface area (Å²) in [6.45, 7) is 1.35. The molecule has 0 bridgehead atoms. The van der Waals surface area contributed by atoms with Crippen LogP contribution in [0.3, 0.4) is 0 Å². The molecule has 1 aliphatic heterocycles. The largest absolute Gasteiger partial charge is 0.336 e. The molecule has 1 amide bonds. The van der Waals surface area contributed by atoms with Crippen LogP contribution in [0.25, 0.3) is 11.1 Å². The summed E-state index contributed by atoms with van der Waals surface area (Å²) in [5.74, 6) is -0.236. The minimum atomic E-state index is -0.258. The molecule has 0 radical (unpaired) electrons. The van der Waals surface area contributed by atoms with Gasteiger partial charge in [-0.1, -0.05) is 29.5 Å². The molecule has 1 fully saturated rings. The normalized spacial score (nSPS) is 17.0. The van der Waals surface area contributed by atoms with Gasteiger partial charge in [0.25, 0.3) is 5.91 Å². The van der Waals surface area contributed by atoms with Gasteiger partial charge < -0.3 is 4.90 Å². The second kappa shape index (κ2) is 6.47. The van der Waals surface area contributed by atoms with Crippen LogP contribution in [-0.2, 0) is 0 Å². The average molecular weight is 336 g/mol. The maximum atomic E-state index is 13.0. The molecular weight excluding hydrogens is 319 g/mol. The van der Waals surface area contributed by atoms with Crippen molar-refractivity contribution >= 4 is 5.91 Å². The first kappa shape index (κ1) is 15.5. The van der Waals surface area contributed by atoms with Crippen LogP contribution in [0.5, 0.6) is 0 Å². The summed E-state index contributed by atoms with van der Waals surface area (Å²) in [6, 6.07) is 14.0. The van der Waals surface area contributed by atoms with Crippen LogP contribution < -0.4 is 0 Å². The molecule has 3 aromatic rings. The zero-order valence-corrected chi connectivity index (χ0v) is 13.5. The van der Waals surface area contributed by atoms with Gasteiger partial charge in [0.2, 0.25) is 0 Å². The molecule has 0 aliphatic carbocycles. The lowest BCUT2D eigenvalue weighted by Gasteiger charge is -2.16. The number of likely N-dealkylation sites (tertiary alicyclic amines) is 1. The van der Waals surface area contributed by atoms with E-state index in [9.17, 15) is 9.18 Å². The van der Waals surface area contributed by atoms with Gasteiger partial charge in [0, 0.05) is 24.8 Å². The molecule has 1 saturated heterocycles. The smallest absolute Gasteiger partial charge is 0.253 e. The number of hydrogen-bond acceptors (Lipinski definition) is 3. The predicted molar refractivity (Wildman–Crippen MR) is 91.4 cm³/mol. The van der Waals surface area contributed by atoms with Crippen molar-refractivity contribution in [3.8, 4) is 11.1 Å². The third kappa shape index (κ3) is 3.15. The van der Waals surface area contributed by atoms with Gasteiger partial charge in [0.15, 0.2) is 0 Å². The van der Waals surface area contributed by atoms with Crippen LogP contribution in [-0.4, -0.2) is 38.9 Å². The Morgan fingerprint density at radius 2 is 1.72 bits per heavy atom. The first-order valence-electron chi connectivity index (χ1n) is 8.22. The molecular formula is C19H17FN4O. The number of rotatable bonds is 3. The van der Waals surface area contributed by atoms with Gasteiger partial charge in [0.05, 0.1) is 12.2 Å². The van der Waals surface area contributed by atoms with Gasteiger partial charge in [0.1, 0.15) is 5.82 Å². The lowest BCUT2D eigenvalue weighted by Crippen LogP contribution is -2.29. The third-order valence-electron chi connectivity index (χ3n) is 4.58. The van der Waals surface area contributed by atoms with Crippen LogP contribution in [0.1, 0.15) is 22.8 Å². The molecule has 2 heterocycles. The number of carbonyl (C=O) groups is 1. The van der Waals surface area contributed by atoms with Crippen molar-refractivity contribution in [1.82, 2.24) is 19.9 Å². The zero-order chi connectivity index (χ0) is 17.2. The number of halogens is 1. The van der Waals surface area contributed by atoms with Crippen molar-refractivity contribution in [3.05, 3.63) is 72.3 Å². The van der Waals surface area contributed by atoms with Crippen molar-refractivity contribution < 1.29 is 9.18 Å². The highest BCUT2D eigenvalue weighted by Gasteiger charge is 2.28. The number of aromatic nitrogens is 3. The second-order valence-corrected chi connectivity index (χ2v) is 6.16. The zero-order valence-electron chi connectivity index (χ0n) is 13.5. The van der Waals surface area contributed by atoms with Crippen molar-refractivity contribution in [3.63, 3.8) is 0 Å². The van der Waals surface area contributed by atoms with Gasteiger partial charge in [-0.2, -0.15) is 0 Å². The molecule has 0 saturated carbocycles. The minimum Gasteiger partial charge on any atom is -0.336 e. The Kier molecular flexibility index (Phi) is 4.01. The summed E-state index contributed by atoms with van der Waals surface area (Å²) in [4.78, 5) is 14.5. The van der Waals surface area contributed by atoms with E-state index in [2.05, 4.69) is 10.3 Å². The van der Waals surface area contributed by atoms with Gasteiger partial charge in [-0.25, -0.2) is 9.07 Å². The molecule has 0 N–H and O–H groups in total. The second-order valence-electron chi connectivity index (χ2n) is 6.16. The monoisotopic (exact) mass is 336 g/mol. The number of carbonyl (C=O) groups excluding carboxylic acids is 1. The van der Waals surface area contributed by atoms with Crippen LogP contribution >= 0.6 is 0 Å². The molecule has 5 nitrogen and oxygen atoms in total. The fourth-order valence-corrected chi connectivity index (χ4v) is 3.18. The minimum absolute atomic E-state index is 0.0215. The number of nitrogens with zero attached hydrogens (tertiary/aromatic N) is 4. The van der Waals surface area contributed by atoms with E-state index in [1.165, 1.54) is 12.1 Å². The van der Waals surface area contributed by atoms with E-state index in [4.69, 9.17) is 0 Å². The van der Waals surface area contributed by atoms with Crippen molar-refractivity contribution in [2.24, 2.45) is 0 Å². The lowest BCUT2D eigenvalue weighted by atomic mass is 10.0. The van der Waals surface area contributed by atoms with Crippen molar-refractivity contribution in [2.45, 2.75) is 12.5 Å². The van der Waals surface area contributed by atoms with Gasteiger partial charge in [-0.3, -0.25) is 4.79 Å². The summed E-state index contributed by atoms with van der Waals surface area (Å²) in [6.07, 6.45) is 4.36. The molecule has 0 spiro atoms. The number of amides is 1. The summed E-state index contributed by atoms with van der Waals surface area (Å²) in [7, 11) is 0. The molecule has 1 unspecified atom stereocenters. The Morgan fingerprint density at radius 1 is 1.04 bits per heavy atom. The van der Waals surface area contributed by atoms with Crippen LogP contribution in [0.4, 0.5) is 4.39 Å². The van der Waals surface area contributed by atoms with Gasteiger partial charge in [-0.05, 0) is 41.8 Å². The summed E-state index contributed by atoms with van der Waals surface area (Å²) >= 11 is 0. The molecule has 1 aromatic heterocycles. The highest BCUT2D eigenvalue weighted by Crippen LogP contribution is 2.24. The number of benzene rings is 2. The Morgan fingerprint density at radius 3 is 2.36 bits per heavy atom. The Hall–Kier alpha value is -3.02. The molecule has 1 aliphatic rings. The third-order valence-corrected chi connectivity index (χ3v) is 4.58. The molecule has 4 rings (SSSR count). The SMILES string of the molecule is O=C(c1ccc(-c2ccc(F)cc2)cc1)N1CCC(n2ccnn2)C1. The lowest BCUT2D eigenvalue weighted by molar-refractivity contribution is 0.0787. The van der Waals surface area contributed by atoms with Crippen LogP contribution in [0.2, 0.25) is 0 Å². The highest BCUT2D eigenvalue weighted by atomic mass is 19.1. The quantitative estimate of drug-likeness (QED) is 0.738. The fraction of sp³-hybridized carbons (Fsp3) is 0.211. The first-order chi connectivity index (χ1) is 12.2. The number of hydrogen-bond donors (Lipinski definition) is 0. The van der Waals surface area contributed by atoms with E-state index < -0.39 is 0 Å². The molecule has 25 heavy (non-hydrogen) atoms. The van der Waals surface area contributed by atoms with E-state index in [-0.39, 0.29) is 17.8 Å². The average Bonchev–Trinajstić information content (AvgIpc) is 3.33. The predicted octanol–water partition coefficient (Wildman–Crippen LogP) is 3.17. The molecule has 1 atom stereocenters. The van der Waals surface area contributed by atoms with Crippen molar-refractivity contribution in [1.29, 1.82) is 0 Å². The van der Waals surface area contributed by atoms with E-state index >= 15 is 0 Å². The molecule has 6 heteroatoms. The van der Waals surface area contributed by atoms with E-state index in [1.54, 1.807) is 18.3 Å². The van der Waals surface area contributed by atoms with Crippen molar-refractivity contribution in [2.75, 3.05) is 13.1 Å². The van der Waals surface area contributed by atoms with Gasteiger partial charge >= 0.3 is 0 Å². The van der Waals surface area contributed by atoms with Crippen LogP contribution in [0.15, 0.2) is 60.9 Å². The highest BCUT2D eigenvalue weighted by molar-refractivity contribution is 5.94. The summed E-state index contributed by atoms with van der Waals surface area (Å²) in [5, 5.41) is 7.84. The summed E-state index contributed by atoms with van der Waals surface area (Å²) in [5.41, 5.74) is 2.54.